The molecule has 0 radical (unpaired) electrons. The lowest BCUT2D eigenvalue weighted by atomic mass is 9.96. The number of H-pyrrole nitrogens is 1. The van der Waals surface area contributed by atoms with Crippen LogP contribution in [-0.2, 0) is 0 Å². The van der Waals surface area contributed by atoms with Gasteiger partial charge in [-0.15, -0.1) is 0 Å². The number of nitrogens with one attached hydrogen (secondary N) is 1. The molecule has 0 unspecified atom stereocenters. The number of aromatic amines is 1. The molecule has 6 nitrogen and oxygen atoms in total. The zero-order valence-corrected chi connectivity index (χ0v) is 18.2. The van der Waals surface area contributed by atoms with Gasteiger partial charge in [0.15, 0.2) is 0 Å². The van der Waals surface area contributed by atoms with Crippen molar-refractivity contribution in [2.24, 2.45) is 0 Å². The monoisotopic (exact) mass is 439 g/mol. The minimum Gasteiger partial charge on any atom is -0.489 e. The molecule has 1 N–H and O–H groups in total. The Morgan fingerprint density at radius 2 is 2.00 bits per heavy atom. The van der Waals surface area contributed by atoms with Crippen molar-refractivity contribution in [3.63, 3.8) is 0 Å². The van der Waals surface area contributed by atoms with E-state index in [4.69, 9.17) is 4.74 Å². The van der Waals surface area contributed by atoms with E-state index in [1.807, 2.05) is 12.1 Å². The topological polar surface area (TPSA) is 68.2 Å². The molecule has 2 aliphatic rings. The molecular formula is C26H22FN5O. The average Bonchev–Trinajstić information content (AvgIpc) is 3.25. The molecule has 164 valence electrons. The number of hydrogen-bond acceptors (Lipinski definition) is 5. The lowest BCUT2D eigenvalue weighted by Gasteiger charge is -2.44. The maximum Gasteiger partial charge on any atom is 0.143 e. The number of ether oxygens (including phenoxy) is 1. The van der Waals surface area contributed by atoms with Crippen molar-refractivity contribution in [3.05, 3.63) is 66.0 Å². The summed E-state index contributed by atoms with van der Waals surface area (Å²) in [5, 5.41) is 18.1. The summed E-state index contributed by atoms with van der Waals surface area (Å²) < 4.78 is 20.7. The number of benzene rings is 3. The molecule has 33 heavy (non-hydrogen) atoms. The summed E-state index contributed by atoms with van der Waals surface area (Å²) in [6, 6.07) is 18.8. The fourth-order valence-electron chi connectivity index (χ4n) is 4.95. The minimum absolute atomic E-state index is 0.359. The maximum absolute atomic E-state index is 14.5. The van der Waals surface area contributed by atoms with Crippen molar-refractivity contribution >= 4 is 16.6 Å². The van der Waals surface area contributed by atoms with Gasteiger partial charge in [-0.2, -0.15) is 10.4 Å². The average molecular weight is 439 g/mol. The molecule has 0 amide bonds. The van der Waals surface area contributed by atoms with E-state index < -0.39 is 0 Å². The van der Waals surface area contributed by atoms with Gasteiger partial charge in [-0.3, -0.25) is 5.10 Å². The van der Waals surface area contributed by atoms with E-state index in [0.717, 1.165) is 53.2 Å². The third-order valence-corrected chi connectivity index (χ3v) is 6.65. The van der Waals surface area contributed by atoms with Crippen molar-refractivity contribution in [2.45, 2.75) is 6.04 Å². The van der Waals surface area contributed by atoms with Crippen LogP contribution in [0.1, 0.15) is 5.56 Å². The summed E-state index contributed by atoms with van der Waals surface area (Å²) in [4.78, 5) is 4.77. The highest BCUT2D eigenvalue weighted by molar-refractivity contribution is 5.98. The smallest absolute Gasteiger partial charge is 0.143 e. The molecule has 1 aromatic heterocycles. The SMILES string of the molecule is CN1CCN2c3ccc(-c4n[nH]c5cc(C#N)c(-c6ccccc6F)cc45)cc3OC[C@@H]2C1. The summed E-state index contributed by atoms with van der Waals surface area (Å²) in [7, 11) is 2.14. The first-order valence-corrected chi connectivity index (χ1v) is 11.0. The first-order chi connectivity index (χ1) is 16.1. The van der Waals surface area contributed by atoms with E-state index in [9.17, 15) is 9.65 Å². The quantitative estimate of drug-likeness (QED) is 0.501. The Kier molecular flexibility index (Phi) is 4.56. The Labute approximate surface area is 190 Å². The minimum atomic E-state index is -0.359. The summed E-state index contributed by atoms with van der Waals surface area (Å²) in [5.41, 5.74) is 4.87. The molecule has 0 saturated carbocycles. The molecular weight excluding hydrogens is 417 g/mol. The number of halogens is 1. The highest BCUT2D eigenvalue weighted by Crippen LogP contribution is 2.40. The number of piperazine rings is 1. The number of aromatic nitrogens is 2. The number of hydrogen-bond donors (Lipinski definition) is 1. The molecule has 7 heteroatoms. The van der Waals surface area contributed by atoms with Crippen molar-refractivity contribution < 1.29 is 9.13 Å². The molecule has 4 aromatic rings. The van der Waals surface area contributed by atoms with E-state index in [-0.39, 0.29) is 5.82 Å². The third-order valence-electron chi connectivity index (χ3n) is 6.65. The van der Waals surface area contributed by atoms with Gasteiger partial charge in [0.05, 0.1) is 28.9 Å². The molecule has 1 atom stereocenters. The fraction of sp³-hybridized carbons (Fsp3) is 0.231. The molecule has 6 rings (SSSR count). The second kappa shape index (κ2) is 7.61. The molecule has 0 aliphatic carbocycles. The van der Waals surface area contributed by atoms with E-state index in [0.29, 0.717) is 29.3 Å². The van der Waals surface area contributed by atoms with E-state index in [1.165, 1.54) is 6.07 Å². The van der Waals surface area contributed by atoms with Gasteiger partial charge >= 0.3 is 0 Å². The highest BCUT2D eigenvalue weighted by Gasteiger charge is 2.32. The summed E-state index contributed by atoms with van der Waals surface area (Å²) >= 11 is 0. The lowest BCUT2D eigenvalue weighted by Crippen LogP contribution is -2.56. The summed E-state index contributed by atoms with van der Waals surface area (Å²) in [6.07, 6.45) is 0. The zero-order valence-electron chi connectivity index (χ0n) is 18.2. The lowest BCUT2D eigenvalue weighted by molar-refractivity contribution is 0.188. The van der Waals surface area contributed by atoms with Crippen LogP contribution in [0.5, 0.6) is 5.75 Å². The number of rotatable bonds is 2. The van der Waals surface area contributed by atoms with Crippen molar-refractivity contribution in [3.8, 4) is 34.2 Å². The van der Waals surface area contributed by atoms with Crippen LogP contribution < -0.4 is 9.64 Å². The highest BCUT2D eigenvalue weighted by atomic mass is 19.1. The van der Waals surface area contributed by atoms with Crippen molar-refractivity contribution in [2.75, 3.05) is 38.2 Å². The number of nitriles is 1. The van der Waals surface area contributed by atoms with Crippen LogP contribution in [0.4, 0.5) is 10.1 Å². The predicted octanol–water partition coefficient (Wildman–Crippen LogP) is 4.42. The molecule has 1 saturated heterocycles. The Morgan fingerprint density at radius 3 is 2.85 bits per heavy atom. The summed E-state index contributed by atoms with van der Waals surface area (Å²) in [5.74, 6) is 0.495. The summed E-state index contributed by atoms with van der Waals surface area (Å²) in [6.45, 7) is 3.66. The van der Waals surface area contributed by atoms with Gasteiger partial charge in [0.1, 0.15) is 23.9 Å². The van der Waals surface area contributed by atoms with E-state index in [1.54, 1.807) is 24.3 Å². The number of anilines is 1. The Hall–Kier alpha value is -3.89. The van der Waals surface area contributed by atoms with Gasteiger partial charge < -0.3 is 14.5 Å². The van der Waals surface area contributed by atoms with Crippen LogP contribution in [0.25, 0.3) is 33.3 Å². The second-order valence-electron chi connectivity index (χ2n) is 8.71. The van der Waals surface area contributed by atoms with Crippen LogP contribution in [-0.4, -0.2) is 54.4 Å². The van der Waals surface area contributed by atoms with Crippen molar-refractivity contribution in [1.29, 1.82) is 5.26 Å². The van der Waals surface area contributed by atoms with Crippen LogP contribution in [0, 0.1) is 17.1 Å². The molecule has 0 spiro atoms. The van der Waals surface area contributed by atoms with Crippen molar-refractivity contribution in [1.82, 2.24) is 15.1 Å². The molecule has 1 fully saturated rings. The van der Waals surface area contributed by atoms with Crippen LogP contribution in [0.3, 0.4) is 0 Å². The first-order valence-electron chi connectivity index (χ1n) is 11.0. The standard InChI is InChI=1S/C26H22FN5O/c1-31-8-9-32-18(14-31)15-33-25-11-16(6-7-24(25)32)26-21-12-20(19-4-2-3-5-22(19)27)17(13-28)10-23(21)29-30-26/h2-7,10-12,18H,8-9,14-15H2,1H3,(H,29,30)/t18-/m0/s1. The largest absolute Gasteiger partial charge is 0.489 e. The Bertz CT molecular complexity index is 1420. The van der Waals surface area contributed by atoms with Crippen LogP contribution in [0.2, 0.25) is 0 Å². The number of nitrogens with zero attached hydrogens (tertiary/aromatic N) is 4. The van der Waals surface area contributed by atoms with Gasteiger partial charge in [-0.05, 0) is 37.4 Å². The predicted molar refractivity (Wildman–Crippen MR) is 126 cm³/mol. The van der Waals surface area contributed by atoms with Gasteiger partial charge in [0.2, 0.25) is 0 Å². The molecule has 0 bridgehead atoms. The molecule has 3 aromatic carbocycles. The van der Waals surface area contributed by atoms with E-state index in [2.05, 4.69) is 45.2 Å². The second-order valence-corrected chi connectivity index (χ2v) is 8.71. The Balaban J connectivity index is 1.45. The fourth-order valence-corrected chi connectivity index (χ4v) is 4.95. The van der Waals surface area contributed by atoms with Gasteiger partial charge in [-0.1, -0.05) is 24.3 Å². The zero-order chi connectivity index (χ0) is 22.5. The third kappa shape index (κ3) is 3.22. The van der Waals surface area contributed by atoms with E-state index >= 15 is 0 Å². The van der Waals surface area contributed by atoms with Gasteiger partial charge in [0.25, 0.3) is 0 Å². The van der Waals surface area contributed by atoms with Crippen LogP contribution in [0.15, 0.2) is 54.6 Å². The number of likely N-dealkylation sites (N-methyl/N-ethyl adjacent to an activating group) is 1. The van der Waals surface area contributed by atoms with Gasteiger partial charge in [-0.25, -0.2) is 4.39 Å². The molecule has 2 aliphatic heterocycles. The Morgan fingerprint density at radius 1 is 1.12 bits per heavy atom. The number of fused-ring (bicyclic) bond motifs is 4. The van der Waals surface area contributed by atoms with Gasteiger partial charge in [0, 0.05) is 41.7 Å². The van der Waals surface area contributed by atoms with Crippen LogP contribution >= 0.6 is 0 Å². The molecule has 3 heterocycles. The normalized spacial score (nSPS) is 17.8. The first kappa shape index (κ1) is 19.8. The maximum atomic E-state index is 14.5.